The van der Waals surface area contributed by atoms with Crippen LogP contribution < -0.4 is 5.32 Å². The minimum absolute atomic E-state index is 0.292. The van der Waals surface area contributed by atoms with Crippen LogP contribution in [-0.4, -0.2) is 15.6 Å². The topological polar surface area (TPSA) is 29.9 Å². The molecule has 2 aromatic rings. The van der Waals surface area contributed by atoms with Crippen molar-refractivity contribution in [2.45, 2.75) is 33.7 Å². The Morgan fingerprint density at radius 1 is 1.16 bits per heavy atom. The third-order valence-corrected chi connectivity index (χ3v) is 3.44. The minimum Gasteiger partial charge on any atom is -0.353 e. The van der Waals surface area contributed by atoms with E-state index in [1.54, 1.807) is 0 Å². The average molecular weight is 298 g/mol. The molecule has 0 unspecified atom stereocenters. The van der Waals surface area contributed by atoms with Crippen LogP contribution in [0.4, 0.5) is 5.95 Å². The molecule has 1 aromatic carbocycles. The van der Waals surface area contributed by atoms with Crippen LogP contribution in [0.1, 0.15) is 25.1 Å². The largest absolute Gasteiger partial charge is 0.353 e. The fourth-order valence-electron chi connectivity index (χ4n) is 1.86. The molecule has 0 aliphatic rings. The first-order chi connectivity index (χ1) is 8.88. The smallest absolute Gasteiger partial charge is 0.207 e. The third-order valence-electron chi connectivity index (χ3n) is 2.73. The molecule has 0 spiro atoms. The van der Waals surface area contributed by atoms with Crippen LogP contribution in [0.3, 0.4) is 0 Å². The fourth-order valence-corrected chi connectivity index (χ4v) is 2.33. The van der Waals surface area contributed by atoms with Gasteiger partial charge >= 0.3 is 0 Å². The summed E-state index contributed by atoms with van der Waals surface area (Å²) >= 11 is 12.5. The zero-order valence-electron chi connectivity index (χ0n) is 11.5. The van der Waals surface area contributed by atoms with Crippen LogP contribution in [0, 0.1) is 13.8 Å². The number of hydrogen-bond donors (Lipinski definition) is 1. The number of imidazole rings is 1. The number of nitrogens with zero attached hydrogens (tertiary/aromatic N) is 2. The van der Waals surface area contributed by atoms with Crippen LogP contribution in [0.25, 0.3) is 5.69 Å². The number of rotatable bonds is 3. The first-order valence-electron chi connectivity index (χ1n) is 6.17. The lowest BCUT2D eigenvalue weighted by molar-refractivity contribution is 0.864. The van der Waals surface area contributed by atoms with Crippen molar-refractivity contribution in [2.75, 3.05) is 5.32 Å². The van der Waals surface area contributed by atoms with Gasteiger partial charge in [-0.15, -0.1) is 0 Å². The van der Waals surface area contributed by atoms with E-state index < -0.39 is 0 Å². The van der Waals surface area contributed by atoms with Crippen molar-refractivity contribution >= 4 is 29.2 Å². The first kappa shape index (κ1) is 14.2. The summed E-state index contributed by atoms with van der Waals surface area (Å²) in [5, 5.41) is 4.66. The molecule has 5 heteroatoms. The van der Waals surface area contributed by atoms with E-state index in [9.17, 15) is 0 Å². The van der Waals surface area contributed by atoms with Gasteiger partial charge in [0.15, 0.2) is 0 Å². The first-order valence-corrected chi connectivity index (χ1v) is 6.92. The molecule has 0 amide bonds. The summed E-state index contributed by atoms with van der Waals surface area (Å²) < 4.78 is 1.93. The molecule has 0 aliphatic heterocycles. The van der Waals surface area contributed by atoms with Gasteiger partial charge in [0.05, 0.1) is 16.4 Å². The van der Waals surface area contributed by atoms with Gasteiger partial charge in [0.2, 0.25) is 5.95 Å². The molecule has 0 bridgehead atoms. The Morgan fingerprint density at radius 3 is 2.47 bits per heavy atom. The highest BCUT2D eigenvalue weighted by molar-refractivity contribution is 6.35. The van der Waals surface area contributed by atoms with E-state index in [2.05, 4.69) is 24.1 Å². The molecule has 3 nitrogen and oxygen atoms in total. The van der Waals surface area contributed by atoms with E-state index in [1.165, 1.54) is 0 Å². The number of nitrogens with one attached hydrogen (secondary N) is 1. The molecule has 0 saturated carbocycles. The van der Waals surface area contributed by atoms with Crippen molar-refractivity contribution in [3.63, 3.8) is 0 Å². The fraction of sp³-hybridized carbons (Fsp3) is 0.357. The van der Waals surface area contributed by atoms with E-state index in [1.807, 2.05) is 36.7 Å². The predicted octanol–water partition coefficient (Wildman–Crippen LogP) is 4.62. The van der Waals surface area contributed by atoms with Gasteiger partial charge in [0, 0.05) is 17.3 Å². The molecule has 19 heavy (non-hydrogen) atoms. The van der Waals surface area contributed by atoms with E-state index in [0.717, 1.165) is 22.9 Å². The molecule has 0 radical (unpaired) electrons. The molecule has 1 aromatic heterocycles. The summed E-state index contributed by atoms with van der Waals surface area (Å²) in [5.41, 5.74) is 2.72. The monoisotopic (exact) mass is 297 g/mol. The number of aromatic nitrogens is 2. The number of halogens is 2. The van der Waals surface area contributed by atoms with Crippen LogP contribution in [0.15, 0.2) is 18.3 Å². The highest BCUT2D eigenvalue weighted by Gasteiger charge is 2.13. The SMILES string of the molecule is Cc1cn(-c2cc(Cl)c(C)cc2Cl)c(NC(C)C)n1. The van der Waals surface area contributed by atoms with Crippen LogP contribution in [0.5, 0.6) is 0 Å². The van der Waals surface area contributed by atoms with Gasteiger partial charge in [-0.1, -0.05) is 23.2 Å². The lowest BCUT2D eigenvalue weighted by Crippen LogP contribution is -2.14. The summed E-state index contributed by atoms with van der Waals surface area (Å²) in [5.74, 6) is 0.773. The Balaban J connectivity index is 2.55. The van der Waals surface area contributed by atoms with E-state index in [0.29, 0.717) is 16.1 Å². The molecule has 0 atom stereocenters. The second kappa shape index (κ2) is 5.43. The second-order valence-corrected chi connectivity index (χ2v) is 5.74. The second-order valence-electron chi connectivity index (χ2n) is 4.93. The van der Waals surface area contributed by atoms with Gasteiger partial charge < -0.3 is 5.32 Å². The molecule has 102 valence electrons. The summed E-state index contributed by atoms with van der Waals surface area (Å²) in [6.07, 6.45) is 1.94. The van der Waals surface area contributed by atoms with Crippen molar-refractivity contribution in [3.05, 3.63) is 39.6 Å². The summed E-state index contributed by atoms with van der Waals surface area (Å²) in [6.45, 7) is 8.02. The molecule has 1 heterocycles. The molecule has 0 aliphatic carbocycles. The quantitative estimate of drug-likeness (QED) is 0.896. The lowest BCUT2D eigenvalue weighted by Gasteiger charge is -2.14. The average Bonchev–Trinajstić information content (AvgIpc) is 2.63. The molecule has 1 N–H and O–H groups in total. The maximum Gasteiger partial charge on any atom is 0.207 e. The van der Waals surface area contributed by atoms with E-state index in [-0.39, 0.29) is 0 Å². The van der Waals surface area contributed by atoms with Crippen molar-refractivity contribution in [2.24, 2.45) is 0 Å². The van der Waals surface area contributed by atoms with Gasteiger partial charge in [-0.05, 0) is 45.4 Å². The molecular formula is C14H17Cl2N3. The number of anilines is 1. The minimum atomic E-state index is 0.292. The number of hydrogen-bond acceptors (Lipinski definition) is 2. The van der Waals surface area contributed by atoms with E-state index >= 15 is 0 Å². The van der Waals surface area contributed by atoms with Crippen molar-refractivity contribution in [1.29, 1.82) is 0 Å². The maximum atomic E-state index is 6.32. The van der Waals surface area contributed by atoms with Crippen molar-refractivity contribution in [1.82, 2.24) is 9.55 Å². The normalized spacial score (nSPS) is 11.1. The van der Waals surface area contributed by atoms with Crippen LogP contribution in [-0.2, 0) is 0 Å². The maximum absolute atomic E-state index is 6.32. The Morgan fingerprint density at radius 2 is 1.84 bits per heavy atom. The van der Waals surface area contributed by atoms with Crippen molar-refractivity contribution < 1.29 is 0 Å². The van der Waals surface area contributed by atoms with E-state index in [4.69, 9.17) is 23.2 Å². The van der Waals surface area contributed by atoms with Gasteiger partial charge in [-0.3, -0.25) is 4.57 Å². The Labute approximate surface area is 123 Å². The molecule has 0 saturated heterocycles. The number of aryl methyl sites for hydroxylation is 2. The predicted molar refractivity (Wildman–Crippen MR) is 81.8 cm³/mol. The Kier molecular flexibility index (Phi) is 4.07. The Bertz CT molecular complexity index is 603. The summed E-state index contributed by atoms with van der Waals surface area (Å²) in [6, 6.07) is 4.03. The number of benzene rings is 1. The zero-order chi connectivity index (χ0) is 14.2. The zero-order valence-corrected chi connectivity index (χ0v) is 13.0. The highest BCUT2D eigenvalue weighted by atomic mass is 35.5. The molecule has 2 rings (SSSR count). The molecule has 0 fully saturated rings. The van der Waals surface area contributed by atoms with Crippen LogP contribution in [0.2, 0.25) is 10.0 Å². The highest BCUT2D eigenvalue weighted by Crippen LogP contribution is 2.30. The Hall–Kier alpha value is -1.19. The third kappa shape index (κ3) is 3.04. The molecular weight excluding hydrogens is 281 g/mol. The summed E-state index contributed by atoms with van der Waals surface area (Å²) in [7, 11) is 0. The lowest BCUT2D eigenvalue weighted by atomic mass is 10.2. The van der Waals surface area contributed by atoms with Crippen LogP contribution >= 0.6 is 23.2 Å². The van der Waals surface area contributed by atoms with Crippen molar-refractivity contribution in [3.8, 4) is 5.69 Å². The van der Waals surface area contributed by atoms with Gasteiger partial charge in [0.25, 0.3) is 0 Å². The standard InChI is InChI=1S/C14H17Cl2N3/c1-8(2)17-14-18-10(4)7-19(14)13-6-11(15)9(3)5-12(13)16/h5-8H,1-4H3,(H,17,18). The summed E-state index contributed by atoms with van der Waals surface area (Å²) in [4.78, 5) is 4.47. The van der Waals surface area contributed by atoms with Gasteiger partial charge in [0.1, 0.15) is 0 Å². The van der Waals surface area contributed by atoms with Gasteiger partial charge in [-0.2, -0.15) is 0 Å². The van der Waals surface area contributed by atoms with Gasteiger partial charge in [-0.25, -0.2) is 4.98 Å².